The zero-order valence-electron chi connectivity index (χ0n) is 18.6. The van der Waals surface area contributed by atoms with Gasteiger partial charge in [0.15, 0.2) is 11.2 Å². The summed E-state index contributed by atoms with van der Waals surface area (Å²) in [4.78, 5) is 30.0. The Morgan fingerprint density at radius 3 is 2.47 bits per heavy atom. The molecule has 1 aromatic heterocycles. The molecule has 8 heteroatoms. The molecule has 0 fully saturated rings. The molecule has 1 atom stereocenters. The minimum Gasteiger partial charge on any atom is -0.464 e. The molecular weight excluding hydrogens is 408 g/mol. The van der Waals surface area contributed by atoms with Crippen molar-refractivity contribution in [2.75, 3.05) is 12.8 Å². The van der Waals surface area contributed by atoms with Gasteiger partial charge in [-0.25, -0.2) is 9.59 Å². The van der Waals surface area contributed by atoms with E-state index >= 15 is 0 Å². The van der Waals surface area contributed by atoms with Crippen LogP contribution in [0.4, 0.5) is 5.69 Å². The molecule has 1 aliphatic heterocycles. The maximum atomic E-state index is 13.0. The number of aliphatic imine (C=N–C) groups is 1. The number of anilines is 1. The van der Waals surface area contributed by atoms with Crippen LogP contribution in [0.3, 0.4) is 0 Å². The van der Waals surface area contributed by atoms with Crippen molar-refractivity contribution in [3.05, 3.63) is 53.7 Å². The van der Waals surface area contributed by atoms with Crippen LogP contribution in [0.2, 0.25) is 0 Å². The number of nitrogen functional groups attached to an aromatic ring is 1. The van der Waals surface area contributed by atoms with Crippen LogP contribution in [0.25, 0.3) is 11.3 Å². The van der Waals surface area contributed by atoms with E-state index in [9.17, 15) is 14.9 Å². The number of hydrogen-bond donors (Lipinski definition) is 1. The predicted molar refractivity (Wildman–Crippen MR) is 121 cm³/mol. The number of hydrogen-bond acceptors (Lipinski definition) is 7. The fraction of sp³-hybridized carbons (Fsp3) is 0.333. The highest BCUT2D eigenvalue weighted by Gasteiger charge is 2.41. The van der Waals surface area contributed by atoms with Crippen molar-refractivity contribution in [3.63, 3.8) is 0 Å². The van der Waals surface area contributed by atoms with Gasteiger partial charge in [0.25, 0.3) is 0 Å². The summed E-state index contributed by atoms with van der Waals surface area (Å²) in [6.45, 7) is 5.53. The van der Waals surface area contributed by atoms with Crippen molar-refractivity contribution >= 4 is 23.8 Å². The standard InChI is InChI=1S/C24H26N4O4/c1-23(2,3)32-22(30)24(11-8-13-27-24)12-14-28-19(16-9-6-5-7-10-16)17(15-25)18(26)20(28)21(29)31-4/h5-11,13H,12,14,26H2,1-4H3. The smallest absolute Gasteiger partial charge is 0.356 e. The Bertz CT molecular complexity index is 1120. The Balaban J connectivity index is 2.10. The van der Waals surface area contributed by atoms with E-state index in [1.807, 2.05) is 30.3 Å². The summed E-state index contributed by atoms with van der Waals surface area (Å²) >= 11 is 0. The molecule has 2 heterocycles. The number of esters is 2. The molecule has 0 aliphatic carbocycles. The van der Waals surface area contributed by atoms with Gasteiger partial charge in [0.2, 0.25) is 0 Å². The molecule has 1 aromatic carbocycles. The summed E-state index contributed by atoms with van der Waals surface area (Å²) in [6, 6.07) is 11.3. The van der Waals surface area contributed by atoms with Gasteiger partial charge in [-0.05, 0) is 38.5 Å². The number of carbonyl (C=O) groups excluding carboxylic acids is 2. The normalized spacial score (nSPS) is 17.2. The van der Waals surface area contributed by atoms with E-state index in [4.69, 9.17) is 15.2 Å². The molecule has 2 N–H and O–H groups in total. The van der Waals surface area contributed by atoms with Crippen molar-refractivity contribution in [3.8, 4) is 17.3 Å². The molecule has 1 unspecified atom stereocenters. The number of aromatic nitrogens is 1. The summed E-state index contributed by atoms with van der Waals surface area (Å²) < 4.78 is 12.2. The number of rotatable bonds is 6. The van der Waals surface area contributed by atoms with Crippen molar-refractivity contribution < 1.29 is 19.1 Å². The van der Waals surface area contributed by atoms with Crippen LogP contribution in [0, 0.1) is 11.3 Å². The zero-order valence-corrected chi connectivity index (χ0v) is 18.6. The van der Waals surface area contributed by atoms with E-state index < -0.39 is 23.1 Å². The van der Waals surface area contributed by atoms with Gasteiger partial charge in [-0.1, -0.05) is 30.3 Å². The molecule has 2 aromatic rings. The first kappa shape index (κ1) is 22.8. The highest BCUT2D eigenvalue weighted by molar-refractivity contribution is 5.98. The third-order valence-corrected chi connectivity index (χ3v) is 5.07. The van der Waals surface area contributed by atoms with Gasteiger partial charge in [0.05, 0.1) is 18.5 Å². The fourth-order valence-corrected chi connectivity index (χ4v) is 3.63. The van der Waals surface area contributed by atoms with Crippen LogP contribution in [0.1, 0.15) is 43.2 Å². The van der Waals surface area contributed by atoms with E-state index in [2.05, 4.69) is 11.1 Å². The third-order valence-electron chi connectivity index (χ3n) is 5.07. The first-order valence-corrected chi connectivity index (χ1v) is 10.2. The minimum absolute atomic E-state index is 0.0370. The first-order valence-electron chi connectivity index (χ1n) is 10.2. The Morgan fingerprint density at radius 2 is 1.94 bits per heavy atom. The van der Waals surface area contributed by atoms with Crippen LogP contribution in [-0.2, 0) is 20.8 Å². The first-order chi connectivity index (χ1) is 15.1. The number of nitriles is 1. The number of methoxy groups -OCH3 is 1. The van der Waals surface area contributed by atoms with Crippen molar-refractivity contribution in [2.24, 2.45) is 4.99 Å². The Labute approximate surface area is 186 Å². The highest BCUT2D eigenvalue weighted by atomic mass is 16.6. The fourth-order valence-electron chi connectivity index (χ4n) is 3.63. The number of nitrogens with zero attached hydrogens (tertiary/aromatic N) is 3. The van der Waals surface area contributed by atoms with E-state index in [0.717, 1.165) is 0 Å². The molecule has 0 bridgehead atoms. The molecule has 0 saturated carbocycles. The molecule has 0 spiro atoms. The van der Waals surface area contributed by atoms with Crippen LogP contribution >= 0.6 is 0 Å². The van der Waals surface area contributed by atoms with Gasteiger partial charge in [-0.2, -0.15) is 5.26 Å². The Hall–Kier alpha value is -3.86. The average Bonchev–Trinajstić information content (AvgIpc) is 3.34. The maximum Gasteiger partial charge on any atom is 0.356 e. The largest absolute Gasteiger partial charge is 0.464 e. The highest BCUT2D eigenvalue weighted by Crippen LogP contribution is 2.36. The second-order valence-electron chi connectivity index (χ2n) is 8.42. The van der Waals surface area contributed by atoms with Gasteiger partial charge < -0.3 is 19.8 Å². The molecular formula is C24H26N4O4. The lowest BCUT2D eigenvalue weighted by Crippen LogP contribution is -2.40. The van der Waals surface area contributed by atoms with Gasteiger partial charge in [-0.3, -0.25) is 4.99 Å². The predicted octanol–water partition coefficient (Wildman–Crippen LogP) is 3.51. The summed E-state index contributed by atoms with van der Waals surface area (Å²) in [5.74, 6) is -1.16. The maximum absolute atomic E-state index is 13.0. The Morgan fingerprint density at radius 1 is 1.25 bits per heavy atom. The van der Waals surface area contributed by atoms with Crippen molar-refractivity contribution in [1.82, 2.24) is 4.57 Å². The number of benzene rings is 1. The molecule has 1 aliphatic rings. The van der Waals surface area contributed by atoms with Crippen molar-refractivity contribution in [1.29, 1.82) is 5.26 Å². The summed E-state index contributed by atoms with van der Waals surface area (Å²) in [5, 5.41) is 9.79. The lowest BCUT2D eigenvalue weighted by atomic mass is 9.96. The molecule has 32 heavy (non-hydrogen) atoms. The Kier molecular flexibility index (Phi) is 6.21. The van der Waals surface area contributed by atoms with Crippen LogP contribution < -0.4 is 5.73 Å². The number of ether oxygens (including phenoxy) is 2. The molecule has 0 saturated heterocycles. The van der Waals surface area contributed by atoms with E-state index in [1.165, 1.54) is 7.11 Å². The number of carbonyl (C=O) groups is 2. The second-order valence-corrected chi connectivity index (χ2v) is 8.42. The minimum atomic E-state index is -1.24. The quantitative estimate of drug-likeness (QED) is 0.695. The summed E-state index contributed by atoms with van der Waals surface area (Å²) in [5.41, 5.74) is 5.76. The number of allylic oxidation sites excluding steroid dienone is 1. The molecule has 8 nitrogen and oxygen atoms in total. The van der Waals surface area contributed by atoms with E-state index in [0.29, 0.717) is 11.3 Å². The van der Waals surface area contributed by atoms with Gasteiger partial charge >= 0.3 is 11.9 Å². The van der Waals surface area contributed by atoms with Crippen LogP contribution in [0.5, 0.6) is 0 Å². The van der Waals surface area contributed by atoms with Crippen LogP contribution in [0.15, 0.2) is 47.5 Å². The topological polar surface area (TPSA) is 120 Å². The van der Waals surface area contributed by atoms with Crippen LogP contribution in [-0.4, -0.2) is 41.0 Å². The lowest BCUT2D eigenvalue weighted by Gasteiger charge is -2.28. The van der Waals surface area contributed by atoms with Crippen molar-refractivity contribution in [2.45, 2.75) is 44.9 Å². The van der Waals surface area contributed by atoms with E-state index in [1.54, 1.807) is 43.7 Å². The number of nitrogens with two attached hydrogens (primary N) is 1. The zero-order chi connectivity index (χ0) is 23.5. The third kappa shape index (κ3) is 4.28. The monoisotopic (exact) mass is 434 g/mol. The molecule has 166 valence electrons. The summed E-state index contributed by atoms with van der Waals surface area (Å²) in [7, 11) is 1.25. The summed E-state index contributed by atoms with van der Waals surface area (Å²) in [6.07, 6.45) is 5.11. The van der Waals surface area contributed by atoms with E-state index in [-0.39, 0.29) is 29.9 Å². The molecule has 0 radical (unpaired) electrons. The average molecular weight is 434 g/mol. The van der Waals surface area contributed by atoms with Gasteiger partial charge in [0, 0.05) is 19.2 Å². The second kappa shape index (κ2) is 8.71. The molecule has 0 amide bonds. The van der Waals surface area contributed by atoms with Gasteiger partial charge in [0.1, 0.15) is 17.2 Å². The molecule has 3 rings (SSSR count). The van der Waals surface area contributed by atoms with Gasteiger partial charge in [-0.15, -0.1) is 0 Å². The SMILES string of the molecule is COC(=O)c1c(N)c(C#N)c(-c2ccccc2)n1CCC1(C(=O)OC(C)(C)C)C=CC=N1. The lowest BCUT2D eigenvalue weighted by molar-refractivity contribution is -0.159.